The monoisotopic (exact) mass is 360 g/mol. The van der Waals surface area contributed by atoms with Crippen LogP contribution in [0.5, 0.6) is 0 Å². The number of non-ortho nitro benzene ring substituents is 1. The molecule has 1 heterocycles. The molecule has 4 rings (SSSR count). The minimum absolute atomic E-state index is 0.0343. The van der Waals surface area contributed by atoms with Crippen LogP contribution in [0.15, 0.2) is 65.4 Å². The Kier molecular flexibility index (Phi) is 3.77. The quantitative estimate of drug-likeness (QED) is 0.665. The normalized spacial score (nSPS) is 18.1. The second-order valence-electron chi connectivity index (χ2n) is 6.66. The Labute approximate surface area is 155 Å². The predicted molar refractivity (Wildman–Crippen MR) is 100 cm³/mol. The van der Waals surface area contributed by atoms with Gasteiger partial charge >= 0.3 is 0 Å². The van der Waals surface area contributed by atoms with Crippen LogP contribution >= 0.6 is 0 Å². The van der Waals surface area contributed by atoms with E-state index in [1.165, 1.54) is 19.1 Å². The van der Waals surface area contributed by atoms with Crippen LogP contribution in [-0.2, 0) is 4.79 Å². The lowest BCUT2D eigenvalue weighted by atomic mass is 9.78. The van der Waals surface area contributed by atoms with Crippen molar-refractivity contribution in [1.82, 2.24) is 5.32 Å². The molecule has 6 nitrogen and oxygen atoms in total. The van der Waals surface area contributed by atoms with Gasteiger partial charge < -0.3 is 5.32 Å². The van der Waals surface area contributed by atoms with E-state index in [0.29, 0.717) is 33.7 Å². The Hall–Kier alpha value is -3.54. The molecule has 0 bridgehead atoms. The molecule has 0 unspecified atom stereocenters. The van der Waals surface area contributed by atoms with E-state index in [0.717, 1.165) is 5.56 Å². The van der Waals surface area contributed by atoms with Gasteiger partial charge in [0.05, 0.1) is 10.6 Å². The second-order valence-corrected chi connectivity index (χ2v) is 6.66. The molecule has 2 aromatic rings. The van der Waals surface area contributed by atoms with Crippen LogP contribution in [0.4, 0.5) is 5.69 Å². The summed E-state index contributed by atoms with van der Waals surface area (Å²) >= 11 is 0. The van der Waals surface area contributed by atoms with E-state index in [-0.39, 0.29) is 17.3 Å². The maximum absolute atomic E-state index is 13.1. The number of hydrogen-bond acceptors (Lipinski definition) is 5. The molecule has 1 aliphatic heterocycles. The van der Waals surface area contributed by atoms with Crippen molar-refractivity contribution in [3.05, 3.63) is 92.2 Å². The highest BCUT2D eigenvalue weighted by Crippen LogP contribution is 2.46. The number of ketones is 2. The zero-order chi connectivity index (χ0) is 19.3. The number of carbonyl (C=O) groups excluding carboxylic acids is 2. The highest BCUT2D eigenvalue weighted by Gasteiger charge is 2.41. The molecule has 1 aliphatic carbocycles. The van der Waals surface area contributed by atoms with E-state index in [1.807, 2.05) is 25.1 Å². The molecule has 0 spiro atoms. The van der Waals surface area contributed by atoms with Gasteiger partial charge in [-0.05, 0) is 19.4 Å². The number of nitrogens with zero attached hydrogens (tertiary/aromatic N) is 1. The molecular weight excluding hydrogens is 344 g/mol. The zero-order valence-electron chi connectivity index (χ0n) is 14.8. The molecule has 2 aliphatic rings. The number of nitro groups is 1. The summed E-state index contributed by atoms with van der Waals surface area (Å²) in [6.45, 7) is 3.28. The average molecular weight is 360 g/mol. The van der Waals surface area contributed by atoms with Crippen molar-refractivity contribution < 1.29 is 14.5 Å². The summed E-state index contributed by atoms with van der Waals surface area (Å²) in [7, 11) is 0. The first-order valence-corrected chi connectivity index (χ1v) is 8.51. The number of hydrogen-bond donors (Lipinski definition) is 1. The minimum atomic E-state index is -0.556. The molecular formula is C21H16N2O4. The van der Waals surface area contributed by atoms with Crippen molar-refractivity contribution in [1.29, 1.82) is 0 Å². The molecule has 0 aromatic heterocycles. The molecule has 0 radical (unpaired) electrons. The zero-order valence-corrected chi connectivity index (χ0v) is 14.8. The number of rotatable bonds is 3. The largest absolute Gasteiger partial charge is 0.358 e. The highest BCUT2D eigenvalue weighted by atomic mass is 16.6. The van der Waals surface area contributed by atoms with E-state index in [9.17, 15) is 19.7 Å². The predicted octanol–water partition coefficient (Wildman–Crippen LogP) is 3.75. The van der Waals surface area contributed by atoms with Gasteiger partial charge in [0.15, 0.2) is 11.6 Å². The van der Waals surface area contributed by atoms with E-state index >= 15 is 0 Å². The fraction of sp³-hybridized carbons (Fsp3) is 0.143. The Morgan fingerprint density at radius 1 is 1.07 bits per heavy atom. The molecule has 0 fully saturated rings. The Morgan fingerprint density at radius 2 is 1.70 bits per heavy atom. The fourth-order valence-corrected chi connectivity index (χ4v) is 3.92. The average Bonchev–Trinajstić information content (AvgIpc) is 2.93. The summed E-state index contributed by atoms with van der Waals surface area (Å²) in [6.07, 6.45) is 0. The smallest absolute Gasteiger partial charge is 0.269 e. The summed E-state index contributed by atoms with van der Waals surface area (Å²) in [5, 5.41) is 14.2. The summed E-state index contributed by atoms with van der Waals surface area (Å²) in [5.41, 5.74) is 4.47. The van der Waals surface area contributed by atoms with Crippen molar-refractivity contribution in [3.8, 4) is 0 Å². The number of fused-ring (bicyclic) bond motifs is 2. The number of benzene rings is 2. The number of allylic oxidation sites excluding steroid dienone is 3. The van der Waals surface area contributed by atoms with Crippen LogP contribution in [-0.4, -0.2) is 16.5 Å². The molecule has 134 valence electrons. The third-order valence-corrected chi connectivity index (χ3v) is 5.07. The maximum Gasteiger partial charge on any atom is 0.269 e. The molecule has 27 heavy (non-hydrogen) atoms. The van der Waals surface area contributed by atoms with Gasteiger partial charge in [0, 0.05) is 46.0 Å². The number of Topliss-reactive ketones (excluding diaryl/α,β-unsaturated/α-hetero) is 2. The second kappa shape index (κ2) is 6.02. The van der Waals surface area contributed by atoms with Crippen molar-refractivity contribution in [2.75, 3.05) is 0 Å². The van der Waals surface area contributed by atoms with Crippen LogP contribution < -0.4 is 5.32 Å². The lowest BCUT2D eigenvalue weighted by molar-refractivity contribution is -0.384. The van der Waals surface area contributed by atoms with Crippen molar-refractivity contribution >= 4 is 23.0 Å². The minimum Gasteiger partial charge on any atom is -0.358 e. The third kappa shape index (κ3) is 2.49. The van der Waals surface area contributed by atoms with Gasteiger partial charge in [-0.15, -0.1) is 0 Å². The first-order chi connectivity index (χ1) is 12.9. The van der Waals surface area contributed by atoms with Crippen molar-refractivity contribution in [2.24, 2.45) is 0 Å². The maximum atomic E-state index is 13.1. The summed E-state index contributed by atoms with van der Waals surface area (Å²) in [4.78, 5) is 36.0. The van der Waals surface area contributed by atoms with E-state index in [1.54, 1.807) is 18.2 Å². The topological polar surface area (TPSA) is 89.3 Å². The van der Waals surface area contributed by atoms with E-state index in [2.05, 4.69) is 5.32 Å². The Morgan fingerprint density at radius 3 is 2.30 bits per heavy atom. The van der Waals surface area contributed by atoms with Gasteiger partial charge in [-0.3, -0.25) is 19.7 Å². The molecule has 1 N–H and O–H groups in total. The molecule has 6 heteroatoms. The number of nitrogens with one attached hydrogen (secondary N) is 1. The fourth-order valence-electron chi connectivity index (χ4n) is 3.92. The standard InChI is InChI=1S/C21H16N2O4/c1-11-17(12(2)24)18(13-7-9-14(10-8-13)23(26)27)19-20(22-11)15-5-3-4-6-16(15)21(19)25/h3-10,18,22H,1-2H3/t18-/m1/s1. The number of nitro benzene ring substituents is 1. The molecule has 2 aromatic carbocycles. The number of dihydropyridines is 1. The van der Waals surface area contributed by atoms with Crippen LogP contribution in [0.25, 0.3) is 5.70 Å². The molecule has 0 saturated carbocycles. The van der Waals surface area contributed by atoms with Crippen LogP contribution in [0.2, 0.25) is 0 Å². The Bertz CT molecular complexity index is 1080. The van der Waals surface area contributed by atoms with Gasteiger partial charge in [0.25, 0.3) is 5.69 Å². The van der Waals surface area contributed by atoms with Gasteiger partial charge in [0.2, 0.25) is 0 Å². The van der Waals surface area contributed by atoms with Gasteiger partial charge in [0.1, 0.15) is 0 Å². The lowest BCUT2D eigenvalue weighted by Gasteiger charge is -2.29. The molecule has 0 saturated heterocycles. The van der Waals surface area contributed by atoms with Gasteiger partial charge in [-0.2, -0.15) is 0 Å². The summed E-state index contributed by atoms with van der Waals surface area (Å²) in [5.74, 6) is -0.819. The number of carbonyl (C=O) groups is 2. The molecule has 1 atom stereocenters. The first kappa shape index (κ1) is 16.9. The van der Waals surface area contributed by atoms with Gasteiger partial charge in [-0.25, -0.2) is 0 Å². The van der Waals surface area contributed by atoms with Crippen LogP contribution in [0.3, 0.4) is 0 Å². The first-order valence-electron chi connectivity index (χ1n) is 8.51. The van der Waals surface area contributed by atoms with Crippen molar-refractivity contribution in [2.45, 2.75) is 19.8 Å². The van der Waals surface area contributed by atoms with E-state index < -0.39 is 10.8 Å². The summed E-state index contributed by atoms with van der Waals surface area (Å²) < 4.78 is 0. The van der Waals surface area contributed by atoms with Crippen LogP contribution in [0, 0.1) is 10.1 Å². The van der Waals surface area contributed by atoms with Crippen molar-refractivity contribution in [3.63, 3.8) is 0 Å². The SMILES string of the molecule is CC(=O)C1=C(C)NC2=C(C(=O)c3ccccc32)[C@@H]1c1ccc([N+](=O)[O-])cc1. The van der Waals surface area contributed by atoms with Crippen LogP contribution in [0.1, 0.15) is 41.3 Å². The summed E-state index contributed by atoms with van der Waals surface area (Å²) in [6, 6.07) is 13.4. The molecule has 0 amide bonds. The highest BCUT2D eigenvalue weighted by molar-refractivity contribution is 6.23. The third-order valence-electron chi connectivity index (χ3n) is 5.07. The Balaban J connectivity index is 1.92. The van der Waals surface area contributed by atoms with E-state index in [4.69, 9.17) is 0 Å². The lowest BCUT2D eigenvalue weighted by Crippen LogP contribution is -2.27. The van der Waals surface area contributed by atoms with Gasteiger partial charge in [-0.1, -0.05) is 36.4 Å².